The van der Waals surface area contributed by atoms with Gasteiger partial charge in [-0.2, -0.15) is 0 Å². The van der Waals surface area contributed by atoms with Crippen LogP contribution in [-0.2, 0) is 6.42 Å². The molecule has 1 rings (SSSR count). The summed E-state index contributed by atoms with van der Waals surface area (Å²) < 4.78 is 12.8. The molecule has 1 aromatic carbocycles. The molecule has 0 aliphatic heterocycles. The molecule has 1 aromatic rings. The summed E-state index contributed by atoms with van der Waals surface area (Å²) in [6, 6.07) is 4.43. The van der Waals surface area contributed by atoms with Crippen LogP contribution in [0.1, 0.15) is 5.56 Å². The topological polar surface area (TPSA) is 36.4 Å². The number of benzene rings is 1. The number of hydrogen-bond donors (Lipinski definition) is 2. The van der Waals surface area contributed by atoms with Gasteiger partial charge < -0.3 is 10.6 Å². The minimum Gasteiger partial charge on any atom is -0.359 e. The van der Waals surface area contributed by atoms with Gasteiger partial charge in [-0.05, 0) is 24.1 Å². The molecule has 0 atom stereocenters. The van der Waals surface area contributed by atoms with Gasteiger partial charge in [0.25, 0.3) is 0 Å². The molecule has 0 unspecified atom stereocenters. The van der Waals surface area contributed by atoms with Crippen LogP contribution in [0.4, 0.5) is 4.39 Å². The van der Waals surface area contributed by atoms with Gasteiger partial charge in [-0.1, -0.05) is 17.7 Å². The number of rotatable bonds is 3. The average molecular weight is 372 g/mol. The van der Waals surface area contributed by atoms with Crippen LogP contribution in [0, 0.1) is 5.82 Å². The van der Waals surface area contributed by atoms with E-state index in [4.69, 9.17) is 11.6 Å². The quantitative estimate of drug-likeness (QED) is 0.486. The molecule has 0 saturated heterocycles. The molecule has 0 amide bonds. The fourth-order valence-corrected chi connectivity index (χ4v) is 1.58. The predicted octanol–water partition coefficient (Wildman–Crippen LogP) is 2.43. The zero-order valence-electron chi connectivity index (χ0n) is 9.76. The van der Waals surface area contributed by atoms with E-state index in [-0.39, 0.29) is 29.8 Å². The lowest BCUT2D eigenvalue weighted by atomic mass is 10.1. The van der Waals surface area contributed by atoms with E-state index >= 15 is 0 Å². The van der Waals surface area contributed by atoms with Crippen LogP contribution in [0.25, 0.3) is 0 Å². The first-order chi connectivity index (χ1) is 7.67. The molecule has 17 heavy (non-hydrogen) atoms. The Kier molecular flexibility index (Phi) is 8.24. The van der Waals surface area contributed by atoms with Crippen molar-refractivity contribution in [2.75, 3.05) is 20.6 Å². The average Bonchev–Trinajstić information content (AvgIpc) is 2.27. The van der Waals surface area contributed by atoms with Crippen molar-refractivity contribution in [2.45, 2.75) is 6.42 Å². The Hall–Kier alpha value is -0.560. The van der Waals surface area contributed by atoms with E-state index in [1.807, 2.05) is 0 Å². The monoisotopic (exact) mass is 371 g/mol. The number of hydrogen-bond acceptors (Lipinski definition) is 1. The zero-order chi connectivity index (χ0) is 12.0. The van der Waals surface area contributed by atoms with Crippen molar-refractivity contribution in [2.24, 2.45) is 4.99 Å². The number of nitrogens with one attached hydrogen (secondary N) is 2. The smallest absolute Gasteiger partial charge is 0.190 e. The minimum absolute atomic E-state index is 0. The van der Waals surface area contributed by atoms with E-state index in [1.165, 1.54) is 12.1 Å². The third-order valence-electron chi connectivity index (χ3n) is 2.16. The van der Waals surface area contributed by atoms with E-state index in [0.717, 1.165) is 17.9 Å². The molecule has 0 saturated carbocycles. The maximum absolute atomic E-state index is 12.8. The summed E-state index contributed by atoms with van der Waals surface area (Å²) in [6.07, 6.45) is 0.722. The maximum Gasteiger partial charge on any atom is 0.190 e. The number of nitrogens with zero attached hydrogens (tertiary/aromatic N) is 1. The van der Waals surface area contributed by atoms with Crippen LogP contribution in [0.3, 0.4) is 0 Å². The van der Waals surface area contributed by atoms with E-state index in [2.05, 4.69) is 15.6 Å². The van der Waals surface area contributed by atoms with Crippen LogP contribution in [0.5, 0.6) is 0 Å². The van der Waals surface area contributed by atoms with Crippen molar-refractivity contribution in [3.8, 4) is 0 Å². The van der Waals surface area contributed by atoms with E-state index in [0.29, 0.717) is 11.6 Å². The Morgan fingerprint density at radius 2 is 2.18 bits per heavy atom. The summed E-state index contributed by atoms with van der Waals surface area (Å²) in [5.74, 6) is 0.408. The van der Waals surface area contributed by atoms with E-state index in [1.54, 1.807) is 20.2 Å². The Morgan fingerprint density at radius 3 is 2.71 bits per heavy atom. The molecule has 0 spiro atoms. The van der Waals surface area contributed by atoms with Gasteiger partial charge >= 0.3 is 0 Å². The van der Waals surface area contributed by atoms with Crippen LogP contribution in [-0.4, -0.2) is 26.6 Å². The molecule has 2 N–H and O–H groups in total. The zero-order valence-corrected chi connectivity index (χ0v) is 12.8. The Labute approximate surface area is 123 Å². The summed E-state index contributed by atoms with van der Waals surface area (Å²) in [6.45, 7) is 0.693. The fourth-order valence-electron chi connectivity index (χ4n) is 1.32. The van der Waals surface area contributed by atoms with Crippen LogP contribution in [0.2, 0.25) is 5.02 Å². The minimum atomic E-state index is -0.312. The van der Waals surface area contributed by atoms with Gasteiger partial charge in [-0.15, -0.1) is 24.0 Å². The summed E-state index contributed by atoms with van der Waals surface area (Å²) in [7, 11) is 3.49. The third-order valence-corrected chi connectivity index (χ3v) is 2.51. The van der Waals surface area contributed by atoms with Crippen molar-refractivity contribution in [3.63, 3.8) is 0 Å². The molecule has 6 heteroatoms. The maximum atomic E-state index is 12.8. The Bertz CT molecular complexity index is 385. The number of guanidine groups is 1. The summed E-state index contributed by atoms with van der Waals surface area (Å²) >= 11 is 5.90. The fraction of sp³-hybridized carbons (Fsp3) is 0.364. The van der Waals surface area contributed by atoms with Crippen LogP contribution >= 0.6 is 35.6 Å². The molecular weight excluding hydrogens is 355 g/mol. The highest BCUT2D eigenvalue weighted by molar-refractivity contribution is 14.0. The lowest BCUT2D eigenvalue weighted by Gasteiger charge is -2.09. The van der Waals surface area contributed by atoms with Crippen LogP contribution in [0.15, 0.2) is 23.2 Å². The molecule has 0 heterocycles. The standard InChI is InChI=1S/C11H15ClFN3.HI/c1-14-11(15-2)16-6-5-8-3-4-9(13)7-10(8)12;/h3-4,7H,5-6H2,1-2H3,(H2,14,15,16);1H. The van der Waals surface area contributed by atoms with Gasteiger partial charge in [0, 0.05) is 25.7 Å². The van der Waals surface area contributed by atoms with Gasteiger partial charge in [0.15, 0.2) is 5.96 Å². The second-order valence-corrected chi connectivity index (χ2v) is 3.64. The van der Waals surface area contributed by atoms with Gasteiger partial charge in [0.2, 0.25) is 0 Å². The Balaban J connectivity index is 0.00000256. The first kappa shape index (κ1) is 16.4. The van der Waals surface area contributed by atoms with Crippen molar-refractivity contribution >= 4 is 41.5 Å². The molecule has 0 bridgehead atoms. The van der Waals surface area contributed by atoms with Crippen molar-refractivity contribution in [1.29, 1.82) is 0 Å². The molecule has 0 aliphatic rings. The van der Waals surface area contributed by atoms with Gasteiger partial charge in [-0.25, -0.2) is 4.39 Å². The largest absolute Gasteiger partial charge is 0.359 e. The highest BCUT2D eigenvalue weighted by Gasteiger charge is 2.02. The first-order valence-corrected chi connectivity index (χ1v) is 5.37. The number of halogens is 3. The van der Waals surface area contributed by atoms with Crippen molar-refractivity contribution in [3.05, 3.63) is 34.6 Å². The first-order valence-electron chi connectivity index (χ1n) is 4.99. The molecule has 0 aliphatic carbocycles. The van der Waals surface area contributed by atoms with Crippen molar-refractivity contribution in [1.82, 2.24) is 10.6 Å². The normalized spacial score (nSPS) is 10.7. The van der Waals surface area contributed by atoms with Crippen molar-refractivity contribution < 1.29 is 4.39 Å². The third kappa shape index (κ3) is 5.54. The SMILES string of the molecule is CN=C(NC)NCCc1ccc(F)cc1Cl.I. The second kappa shape index (κ2) is 8.52. The molecular formula is C11H16ClFIN3. The molecule has 96 valence electrons. The van der Waals surface area contributed by atoms with Gasteiger partial charge in [0.1, 0.15) is 5.82 Å². The molecule has 0 aromatic heterocycles. The lowest BCUT2D eigenvalue weighted by molar-refractivity contribution is 0.627. The summed E-state index contributed by atoms with van der Waals surface area (Å²) in [5, 5.41) is 6.46. The lowest BCUT2D eigenvalue weighted by Crippen LogP contribution is -2.35. The van der Waals surface area contributed by atoms with E-state index in [9.17, 15) is 4.39 Å². The highest BCUT2D eigenvalue weighted by Crippen LogP contribution is 2.17. The van der Waals surface area contributed by atoms with Gasteiger partial charge in [-0.3, -0.25) is 4.99 Å². The molecule has 3 nitrogen and oxygen atoms in total. The second-order valence-electron chi connectivity index (χ2n) is 3.23. The predicted molar refractivity (Wildman–Crippen MR) is 81.0 cm³/mol. The summed E-state index contributed by atoms with van der Waals surface area (Å²) in [4.78, 5) is 3.98. The van der Waals surface area contributed by atoms with Crippen LogP contribution < -0.4 is 10.6 Å². The van der Waals surface area contributed by atoms with E-state index < -0.39 is 0 Å². The molecule has 0 radical (unpaired) electrons. The molecule has 0 fully saturated rings. The summed E-state index contributed by atoms with van der Waals surface area (Å²) in [5.41, 5.74) is 0.919. The number of aliphatic imine (C=N–C) groups is 1. The highest BCUT2D eigenvalue weighted by atomic mass is 127. The van der Waals surface area contributed by atoms with Gasteiger partial charge in [0.05, 0.1) is 0 Å². The Morgan fingerprint density at radius 1 is 1.47 bits per heavy atom.